The van der Waals surface area contributed by atoms with Gasteiger partial charge in [0.05, 0.1) is 17.4 Å². The van der Waals surface area contributed by atoms with E-state index >= 15 is 0 Å². The van der Waals surface area contributed by atoms with Gasteiger partial charge in [0.15, 0.2) is 0 Å². The van der Waals surface area contributed by atoms with Gasteiger partial charge in [0, 0.05) is 29.3 Å². The molecule has 42 heavy (non-hydrogen) atoms. The van der Waals surface area contributed by atoms with Crippen molar-refractivity contribution in [1.82, 2.24) is 14.7 Å². The molecule has 3 heterocycles. The van der Waals surface area contributed by atoms with Crippen LogP contribution in [0.3, 0.4) is 0 Å². The number of hydrogen-bond donors (Lipinski definition) is 0. The average Bonchev–Trinajstić information content (AvgIpc) is 3.59. The van der Waals surface area contributed by atoms with Crippen LogP contribution in [0.2, 0.25) is 0 Å². The first-order valence-corrected chi connectivity index (χ1v) is 14.0. The summed E-state index contributed by atoms with van der Waals surface area (Å²) in [5.74, 6) is -0.117. The Hall–Kier alpha value is -5.22. The van der Waals surface area contributed by atoms with Crippen molar-refractivity contribution in [2.45, 2.75) is 46.3 Å². The summed E-state index contributed by atoms with van der Waals surface area (Å²) in [6.07, 6.45) is 4.55. The molecule has 3 aromatic carbocycles. The second-order valence-electron chi connectivity index (χ2n) is 10.9. The van der Waals surface area contributed by atoms with Crippen LogP contribution in [0.25, 0.3) is 23.0 Å². The Balaban J connectivity index is 1.52. The maximum absolute atomic E-state index is 14.0. The van der Waals surface area contributed by atoms with E-state index in [9.17, 15) is 14.9 Å². The number of aryl methyl sites for hydroxylation is 1. The van der Waals surface area contributed by atoms with Crippen molar-refractivity contribution < 1.29 is 14.3 Å². The molecule has 2 atom stereocenters. The van der Waals surface area contributed by atoms with Gasteiger partial charge in [-0.15, -0.1) is 0 Å². The molecule has 0 saturated carbocycles. The number of carbonyl (C=O) groups excluding carboxylic acids is 2. The molecule has 0 saturated heterocycles. The molecular formula is C35H30N4O3. The predicted octanol–water partition coefficient (Wildman–Crippen LogP) is 6.52. The van der Waals surface area contributed by atoms with Crippen molar-refractivity contribution in [2.75, 3.05) is 0 Å². The fraction of sp³-hybridized carbons (Fsp3) is 0.200. The molecule has 0 spiro atoms. The summed E-state index contributed by atoms with van der Waals surface area (Å²) in [5, 5.41) is 14.9. The molecule has 0 aliphatic carbocycles. The molecule has 0 radical (unpaired) electrons. The van der Waals surface area contributed by atoms with E-state index in [1.54, 1.807) is 24.6 Å². The smallest absolute Gasteiger partial charge is 0.272 e. The number of nitrogens with zero attached hydrogens (tertiary/aromatic N) is 4. The lowest BCUT2D eigenvalue weighted by atomic mass is 9.91. The Labute approximate surface area is 245 Å². The van der Waals surface area contributed by atoms with E-state index in [0.717, 1.165) is 40.1 Å². The number of hydrogen-bond acceptors (Lipinski definition) is 5. The van der Waals surface area contributed by atoms with Gasteiger partial charge in [-0.05, 0) is 80.3 Å². The van der Waals surface area contributed by atoms with E-state index in [2.05, 4.69) is 25.1 Å². The van der Waals surface area contributed by atoms with E-state index in [1.165, 1.54) is 4.90 Å². The van der Waals surface area contributed by atoms with Crippen LogP contribution in [0.5, 0.6) is 5.75 Å². The molecule has 7 nitrogen and oxygen atoms in total. The van der Waals surface area contributed by atoms with E-state index in [1.807, 2.05) is 73.8 Å². The number of benzene rings is 3. The highest BCUT2D eigenvalue weighted by atomic mass is 16.5. The van der Waals surface area contributed by atoms with Gasteiger partial charge in [0.25, 0.3) is 11.8 Å². The van der Waals surface area contributed by atoms with E-state index < -0.39 is 17.9 Å². The topological polar surface area (TPSA) is 88.2 Å². The molecule has 1 aromatic heterocycles. The number of imide groups is 1. The largest absolute Gasteiger partial charge is 0.490 e. The average molecular weight is 555 g/mol. The Morgan fingerprint density at radius 1 is 1.02 bits per heavy atom. The van der Waals surface area contributed by atoms with E-state index in [4.69, 9.17) is 9.84 Å². The zero-order chi connectivity index (χ0) is 29.5. The maximum Gasteiger partial charge on any atom is 0.272 e. The standard InChI is InChI=1S/C35H30N4O3/c1-21-15-26(17-27-16-22(2)42-33(21)27)32-28(20-38(37-32)29-13-9-6-10-14-29)18-30-23(3)31(19-36)35(41)39(34(30)40)24(4)25-11-7-5-8-12-25/h5-15,17-18,20,22,24H,16H2,1-4H3/b30-18+. The second-order valence-corrected chi connectivity index (χ2v) is 10.9. The molecule has 6 rings (SSSR count). The first kappa shape index (κ1) is 27.0. The molecule has 7 heteroatoms. The number of fused-ring (bicyclic) bond motifs is 1. The van der Waals surface area contributed by atoms with Crippen LogP contribution in [0, 0.1) is 18.3 Å². The summed E-state index contributed by atoms with van der Waals surface area (Å²) in [4.78, 5) is 28.6. The van der Waals surface area contributed by atoms with Crippen molar-refractivity contribution in [3.8, 4) is 28.8 Å². The van der Waals surface area contributed by atoms with Gasteiger partial charge in [0.1, 0.15) is 23.5 Å². The number of ether oxygens (including phenoxy) is 1. The van der Waals surface area contributed by atoms with Crippen molar-refractivity contribution >= 4 is 17.9 Å². The fourth-order valence-corrected chi connectivity index (χ4v) is 5.77. The number of carbonyl (C=O) groups is 2. The Morgan fingerprint density at radius 2 is 1.71 bits per heavy atom. The molecular weight excluding hydrogens is 524 g/mol. The highest BCUT2D eigenvalue weighted by molar-refractivity contribution is 6.20. The highest BCUT2D eigenvalue weighted by Gasteiger charge is 2.39. The summed E-state index contributed by atoms with van der Waals surface area (Å²) in [6, 6.07) is 24.8. The number of nitriles is 1. The third-order valence-electron chi connectivity index (χ3n) is 7.96. The number of rotatable bonds is 5. The van der Waals surface area contributed by atoms with Gasteiger partial charge in [-0.1, -0.05) is 48.5 Å². The van der Waals surface area contributed by atoms with Crippen LogP contribution >= 0.6 is 0 Å². The van der Waals surface area contributed by atoms with Crippen LogP contribution in [0.4, 0.5) is 0 Å². The molecule has 0 N–H and O–H groups in total. The van der Waals surface area contributed by atoms with Gasteiger partial charge in [-0.3, -0.25) is 14.5 Å². The van der Waals surface area contributed by atoms with Crippen LogP contribution in [-0.2, 0) is 16.0 Å². The molecule has 2 amide bonds. The lowest BCUT2D eigenvalue weighted by Crippen LogP contribution is -2.44. The predicted molar refractivity (Wildman–Crippen MR) is 161 cm³/mol. The molecule has 0 bridgehead atoms. The molecule has 2 unspecified atom stereocenters. The zero-order valence-corrected chi connectivity index (χ0v) is 24.0. The van der Waals surface area contributed by atoms with Gasteiger partial charge in [-0.25, -0.2) is 4.68 Å². The summed E-state index contributed by atoms with van der Waals surface area (Å²) in [7, 11) is 0. The SMILES string of the molecule is CC1=C(C#N)C(=O)N(C(C)c2ccccc2)C(=O)/C1=C/c1cn(-c2ccccc2)nc1-c1cc(C)c2c(c1)CC(C)O2. The van der Waals surface area contributed by atoms with Gasteiger partial charge < -0.3 is 4.74 Å². The summed E-state index contributed by atoms with van der Waals surface area (Å²) < 4.78 is 7.82. The first-order chi connectivity index (χ1) is 20.3. The van der Waals surface area contributed by atoms with E-state index in [-0.39, 0.29) is 17.3 Å². The van der Waals surface area contributed by atoms with Gasteiger partial charge in [0.2, 0.25) is 0 Å². The number of aromatic nitrogens is 2. The summed E-state index contributed by atoms with van der Waals surface area (Å²) in [5.41, 5.74) is 6.71. The van der Waals surface area contributed by atoms with Gasteiger partial charge >= 0.3 is 0 Å². The van der Waals surface area contributed by atoms with E-state index in [0.29, 0.717) is 16.8 Å². The zero-order valence-electron chi connectivity index (χ0n) is 24.0. The fourth-order valence-electron chi connectivity index (χ4n) is 5.77. The minimum Gasteiger partial charge on any atom is -0.490 e. The molecule has 4 aromatic rings. The number of para-hydroxylation sites is 1. The quantitative estimate of drug-likeness (QED) is 0.207. The van der Waals surface area contributed by atoms with Crippen molar-refractivity contribution in [3.05, 3.63) is 118 Å². The third kappa shape index (κ3) is 4.61. The number of amides is 2. The lowest BCUT2D eigenvalue weighted by Gasteiger charge is -2.32. The van der Waals surface area contributed by atoms with Crippen LogP contribution < -0.4 is 4.74 Å². The molecule has 2 aliphatic rings. The van der Waals surface area contributed by atoms with Crippen LogP contribution in [0.15, 0.2) is 95.7 Å². The molecule has 208 valence electrons. The monoisotopic (exact) mass is 554 g/mol. The second kappa shape index (κ2) is 10.6. The first-order valence-electron chi connectivity index (χ1n) is 14.0. The highest BCUT2D eigenvalue weighted by Crippen LogP contribution is 2.39. The summed E-state index contributed by atoms with van der Waals surface area (Å²) in [6.45, 7) is 7.54. The van der Waals surface area contributed by atoms with Gasteiger partial charge in [-0.2, -0.15) is 10.4 Å². The lowest BCUT2D eigenvalue weighted by molar-refractivity contribution is -0.143. The normalized spacial score (nSPS) is 18.2. The third-order valence-corrected chi connectivity index (χ3v) is 7.96. The minimum atomic E-state index is -0.586. The molecule has 2 aliphatic heterocycles. The van der Waals surface area contributed by atoms with Crippen LogP contribution in [-0.4, -0.2) is 32.6 Å². The minimum absolute atomic E-state index is 0.0415. The van der Waals surface area contributed by atoms with Crippen molar-refractivity contribution in [3.63, 3.8) is 0 Å². The van der Waals surface area contributed by atoms with Crippen LogP contribution in [0.1, 0.15) is 49.1 Å². The molecule has 0 fully saturated rings. The summed E-state index contributed by atoms with van der Waals surface area (Å²) >= 11 is 0. The Kier molecular flexibility index (Phi) is 6.83. The Morgan fingerprint density at radius 3 is 2.40 bits per heavy atom. The van der Waals surface area contributed by atoms with Crippen molar-refractivity contribution in [1.29, 1.82) is 5.26 Å². The van der Waals surface area contributed by atoms with Crippen molar-refractivity contribution in [2.24, 2.45) is 0 Å². The maximum atomic E-state index is 14.0. The Bertz CT molecular complexity index is 1830.